The van der Waals surface area contributed by atoms with Gasteiger partial charge in [-0.3, -0.25) is 0 Å². The number of unbranched alkanes of at least 4 members (excludes halogenated alkanes) is 2. The molecule has 0 fully saturated rings. The van der Waals surface area contributed by atoms with Crippen LogP contribution in [-0.2, 0) is 0 Å². The summed E-state index contributed by atoms with van der Waals surface area (Å²) >= 11 is 11.6. The minimum absolute atomic E-state index is 0.213. The first-order valence-electron chi connectivity index (χ1n) is 4.52. The van der Waals surface area contributed by atoms with E-state index in [1.54, 1.807) is 0 Å². The molecule has 0 radical (unpaired) electrons. The van der Waals surface area contributed by atoms with Crippen LogP contribution in [0.1, 0.15) is 39.5 Å². The van der Waals surface area contributed by atoms with E-state index in [1.165, 1.54) is 18.4 Å². The Morgan fingerprint density at radius 1 is 1.25 bits per heavy atom. The van der Waals surface area contributed by atoms with E-state index < -0.39 is 0 Å². The quantitative estimate of drug-likeness (QED) is 0.346. The molecule has 0 nitrogen and oxygen atoms in total. The van der Waals surface area contributed by atoms with Crippen LogP contribution in [0.25, 0.3) is 0 Å². The van der Waals surface area contributed by atoms with Gasteiger partial charge in [-0.15, -0.1) is 23.2 Å². The number of allylic oxidation sites excluding steroid dienone is 2. The molecule has 0 aliphatic carbocycles. The molecule has 0 aromatic heterocycles. The molecule has 1 unspecified atom stereocenters. The Morgan fingerprint density at radius 3 is 2.42 bits per heavy atom. The van der Waals surface area contributed by atoms with E-state index in [-0.39, 0.29) is 5.38 Å². The molecule has 0 heterocycles. The smallest absolute Gasteiger partial charge is 0.0518 e. The third-order valence-electron chi connectivity index (χ3n) is 1.63. The van der Waals surface area contributed by atoms with E-state index in [0.29, 0.717) is 0 Å². The molecule has 0 aromatic rings. The van der Waals surface area contributed by atoms with Crippen molar-refractivity contribution in [1.29, 1.82) is 0 Å². The second-order valence-corrected chi connectivity index (χ2v) is 4.24. The molecule has 0 bridgehead atoms. The van der Waals surface area contributed by atoms with Gasteiger partial charge in [0.05, 0.1) is 5.38 Å². The molecule has 0 aliphatic rings. The summed E-state index contributed by atoms with van der Waals surface area (Å²) < 4.78 is 0. The van der Waals surface area contributed by atoms with Gasteiger partial charge in [0.15, 0.2) is 0 Å². The van der Waals surface area contributed by atoms with Crippen LogP contribution in [0.4, 0.5) is 0 Å². The van der Waals surface area contributed by atoms with E-state index >= 15 is 0 Å². The Balaban J connectivity index is 3.32. The first-order chi connectivity index (χ1) is 5.66. The molecule has 72 valence electrons. The molecule has 2 heteroatoms. The van der Waals surface area contributed by atoms with Crippen molar-refractivity contribution in [3.63, 3.8) is 0 Å². The van der Waals surface area contributed by atoms with Crippen LogP contribution in [-0.4, -0.2) is 11.3 Å². The normalized spacial score (nSPS) is 12.7. The van der Waals surface area contributed by atoms with Crippen molar-refractivity contribution in [3.05, 3.63) is 11.6 Å². The van der Waals surface area contributed by atoms with Gasteiger partial charge in [-0.25, -0.2) is 0 Å². The van der Waals surface area contributed by atoms with Gasteiger partial charge in [-0.1, -0.05) is 24.5 Å². The van der Waals surface area contributed by atoms with Crippen LogP contribution >= 0.6 is 23.2 Å². The number of halogens is 2. The van der Waals surface area contributed by atoms with Gasteiger partial charge in [-0.2, -0.15) is 0 Å². The van der Waals surface area contributed by atoms with Crippen LogP contribution in [0.15, 0.2) is 11.6 Å². The Labute approximate surface area is 85.9 Å². The zero-order valence-electron chi connectivity index (χ0n) is 7.95. The maximum Gasteiger partial charge on any atom is 0.0518 e. The average Bonchev–Trinajstić information content (AvgIpc) is 1.97. The number of hydrogen-bond donors (Lipinski definition) is 0. The van der Waals surface area contributed by atoms with Gasteiger partial charge < -0.3 is 0 Å². The Bertz CT molecular complexity index is 126. The summed E-state index contributed by atoms with van der Waals surface area (Å²) in [7, 11) is 0. The SMILES string of the molecule is CC(C)=CC(Cl)CCCCCCl. The standard InChI is InChI=1S/C10H18Cl2/c1-9(2)8-10(12)6-4-3-5-7-11/h8,10H,3-7H2,1-2H3. The maximum atomic E-state index is 6.05. The van der Waals surface area contributed by atoms with Crippen molar-refractivity contribution < 1.29 is 0 Å². The van der Waals surface area contributed by atoms with Crippen molar-refractivity contribution >= 4 is 23.2 Å². The summed E-state index contributed by atoms with van der Waals surface area (Å²) in [6, 6.07) is 0. The number of hydrogen-bond acceptors (Lipinski definition) is 0. The van der Waals surface area contributed by atoms with Crippen molar-refractivity contribution in [2.45, 2.75) is 44.9 Å². The number of alkyl halides is 2. The van der Waals surface area contributed by atoms with E-state index in [2.05, 4.69) is 19.9 Å². The van der Waals surface area contributed by atoms with Crippen molar-refractivity contribution in [1.82, 2.24) is 0 Å². The molecule has 0 saturated heterocycles. The molecule has 1 atom stereocenters. The van der Waals surface area contributed by atoms with Crippen molar-refractivity contribution in [2.75, 3.05) is 5.88 Å². The minimum Gasteiger partial charge on any atom is -0.127 e. The topological polar surface area (TPSA) is 0 Å². The van der Waals surface area contributed by atoms with Crippen molar-refractivity contribution in [3.8, 4) is 0 Å². The molecular weight excluding hydrogens is 191 g/mol. The van der Waals surface area contributed by atoms with Gasteiger partial charge in [0.25, 0.3) is 0 Å². The summed E-state index contributed by atoms with van der Waals surface area (Å²) in [5.74, 6) is 0.773. The van der Waals surface area contributed by atoms with E-state index in [1.807, 2.05) is 0 Å². The Kier molecular flexibility index (Phi) is 8.15. The van der Waals surface area contributed by atoms with Gasteiger partial charge in [0, 0.05) is 5.88 Å². The lowest BCUT2D eigenvalue weighted by atomic mass is 10.1. The molecule has 0 aromatic carbocycles. The Morgan fingerprint density at radius 2 is 1.92 bits per heavy atom. The molecule has 0 saturated carbocycles. The van der Waals surface area contributed by atoms with Crippen LogP contribution in [0.3, 0.4) is 0 Å². The first kappa shape index (κ1) is 12.3. The molecule has 12 heavy (non-hydrogen) atoms. The van der Waals surface area contributed by atoms with Gasteiger partial charge in [0.2, 0.25) is 0 Å². The van der Waals surface area contributed by atoms with Gasteiger partial charge in [-0.05, 0) is 26.7 Å². The molecular formula is C10H18Cl2. The van der Waals surface area contributed by atoms with E-state index in [0.717, 1.165) is 18.7 Å². The Hall–Kier alpha value is 0.320. The number of rotatable bonds is 6. The highest BCUT2D eigenvalue weighted by Gasteiger charge is 1.99. The molecule has 0 aliphatic heterocycles. The fourth-order valence-electron chi connectivity index (χ4n) is 1.06. The second-order valence-electron chi connectivity index (χ2n) is 3.30. The van der Waals surface area contributed by atoms with Crippen LogP contribution in [0.5, 0.6) is 0 Å². The summed E-state index contributed by atoms with van der Waals surface area (Å²) in [6.45, 7) is 4.16. The minimum atomic E-state index is 0.213. The highest BCUT2D eigenvalue weighted by atomic mass is 35.5. The fraction of sp³-hybridized carbons (Fsp3) is 0.800. The van der Waals surface area contributed by atoms with Crippen LogP contribution in [0.2, 0.25) is 0 Å². The first-order valence-corrected chi connectivity index (χ1v) is 5.49. The third kappa shape index (κ3) is 8.42. The average molecular weight is 209 g/mol. The summed E-state index contributed by atoms with van der Waals surface area (Å²) in [5, 5.41) is 0.213. The van der Waals surface area contributed by atoms with E-state index in [4.69, 9.17) is 23.2 Å². The molecule has 0 N–H and O–H groups in total. The zero-order chi connectivity index (χ0) is 9.40. The zero-order valence-corrected chi connectivity index (χ0v) is 9.46. The predicted molar refractivity (Wildman–Crippen MR) is 58.3 cm³/mol. The van der Waals surface area contributed by atoms with E-state index in [9.17, 15) is 0 Å². The third-order valence-corrected chi connectivity index (χ3v) is 2.24. The van der Waals surface area contributed by atoms with Gasteiger partial charge in [0.1, 0.15) is 0 Å². The van der Waals surface area contributed by atoms with Crippen LogP contribution in [0, 0.1) is 0 Å². The lowest BCUT2D eigenvalue weighted by Gasteiger charge is -2.03. The van der Waals surface area contributed by atoms with Crippen LogP contribution < -0.4 is 0 Å². The predicted octanol–water partition coefficient (Wildman–Crippen LogP) is 4.36. The van der Waals surface area contributed by atoms with Crippen molar-refractivity contribution in [2.24, 2.45) is 0 Å². The molecule has 0 rings (SSSR count). The molecule has 0 amide bonds. The summed E-state index contributed by atoms with van der Waals surface area (Å²) in [5.41, 5.74) is 1.30. The largest absolute Gasteiger partial charge is 0.127 e. The lowest BCUT2D eigenvalue weighted by Crippen LogP contribution is -1.94. The van der Waals surface area contributed by atoms with Gasteiger partial charge >= 0.3 is 0 Å². The molecule has 0 spiro atoms. The monoisotopic (exact) mass is 208 g/mol. The fourth-order valence-corrected chi connectivity index (χ4v) is 1.65. The highest BCUT2D eigenvalue weighted by Crippen LogP contribution is 2.12. The highest BCUT2D eigenvalue weighted by molar-refractivity contribution is 6.21. The summed E-state index contributed by atoms with van der Waals surface area (Å²) in [4.78, 5) is 0. The maximum absolute atomic E-state index is 6.05. The lowest BCUT2D eigenvalue weighted by molar-refractivity contribution is 0.679. The summed E-state index contributed by atoms with van der Waals surface area (Å²) in [6.07, 6.45) is 6.68. The second kappa shape index (κ2) is 7.94.